The average molecular weight is 221 g/mol. The van der Waals surface area contributed by atoms with Crippen molar-refractivity contribution in [2.24, 2.45) is 5.92 Å². The van der Waals surface area contributed by atoms with Crippen molar-refractivity contribution in [3.8, 4) is 0 Å². The third-order valence-corrected chi connectivity index (χ3v) is 3.22. The molecule has 1 atom stereocenters. The lowest BCUT2D eigenvalue weighted by atomic mass is 9.95. The summed E-state index contributed by atoms with van der Waals surface area (Å²) in [4.78, 5) is 6.31. The molecule has 0 aliphatic carbocycles. The number of aliphatic hydroxyl groups excluding tert-OH is 1. The van der Waals surface area contributed by atoms with Crippen molar-refractivity contribution in [3.63, 3.8) is 0 Å². The molecule has 0 spiro atoms. The Hall–Kier alpha value is -1.29. The number of nitrogen functional groups attached to an aromatic ring is 1. The van der Waals surface area contributed by atoms with E-state index in [1.807, 2.05) is 6.07 Å². The lowest BCUT2D eigenvalue weighted by Crippen LogP contribution is -2.36. The second kappa shape index (κ2) is 5.16. The van der Waals surface area contributed by atoms with Crippen molar-refractivity contribution in [1.82, 2.24) is 4.98 Å². The number of piperidine rings is 1. The molecule has 3 N–H and O–H groups in total. The Balaban J connectivity index is 2.07. The van der Waals surface area contributed by atoms with Gasteiger partial charge in [0, 0.05) is 25.9 Å². The maximum atomic E-state index is 8.98. The Morgan fingerprint density at radius 3 is 3.19 bits per heavy atom. The van der Waals surface area contributed by atoms with Gasteiger partial charge in [-0.3, -0.25) is 4.98 Å². The fraction of sp³-hybridized carbons (Fsp3) is 0.583. The van der Waals surface area contributed by atoms with E-state index in [2.05, 4.69) is 9.88 Å². The first kappa shape index (κ1) is 11.2. The summed E-state index contributed by atoms with van der Waals surface area (Å²) in [5.41, 5.74) is 7.74. The number of nitrogens with zero attached hydrogens (tertiary/aromatic N) is 2. The minimum atomic E-state index is 0.282. The molecule has 1 aliphatic heterocycles. The zero-order valence-corrected chi connectivity index (χ0v) is 9.47. The monoisotopic (exact) mass is 221 g/mol. The molecule has 0 bridgehead atoms. The summed E-state index contributed by atoms with van der Waals surface area (Å²) in [5, 5.41) is 8.98. The van der Waals surface area contributed by atoms with Crippen LogP contribution in [0, 0.1) is 5.92 Å². The van der Waals surface area contributed by atoms with Crippen LogP contribution >= 0.6 is 0 Å². The fourth-order valence-electron chi connectivity index (χ4n) is 2.39. The van der Waals surface area contributed by atoms with Gasteiger partial charge in [0.1, 0.15) is 0 Å². The van der Waals surface area contributed by atoms with E-state index in [1.165, 1.54) is 12.8 Å². The highest BCUT2D eigenvalue weighted by atomic mass is 16.3. The van der Waals surface area contributed by atoms with E-state index in [9.17, 15) is 0 Å². The Kier molecular flexibility index (Phi) is 3.62. The normalized spacial score (nSPS) is 21.1. The second-order valence-corrected chi connectivity index (χ2v) is 4.40. The van der Waals surface area contributed by atoms with Gasteiger partial charge in [-0.05, 0) is 31.2 Å². The standard InChI is InChI=1S/C12H19N3O/c13-11-8-14-5-3-12(11)15-6-1-2-10(9-15)4-7-16/h3,5,8,10,16H,1-2,4,6-7,9,13H2. The number of hydrogen-bond donors (Lipinski definition) is 2. The zero-order chi connectivity index (χ0) is 11.4. The van der Waals surface area contributed by atoms with Gasteiger partial charge in [0.15, 0.2) is 0 Å². The van der Waals surface area contributed by atoms with Gasteiger partial charge in [0.2, 0.25) is 0 Å². The fourth-order valence-corrected chi connectivity index (χ4v) is 2.39. The molecule has 2 rings (SSSR count). The quantitative estimate of drug-likeness (QED) is 0.806. The number of nitrogens with two attached hydrogens (primary N) is 1. The molecule has 0 saturated carbocycles. The number of anilines is 2. The minimum absolute atomic E-state index is 0.282. The Labute approximate surface area is 96.1 Å². The van der Waals surface area contributed by atoms with Gasteiger partial charge < -0.3 is 15.7 Å². The Bertz CT molecular complexity index is 341. The minimum Gasteiger partial charge on any atom is -0.396 e. The van der Waals surface area contributed by atoms with Crippen molar-refractivity contribution >= 4 is 11.4 Å². The number of aliphatic hydroxyl groups is 1. The average Bonchev–Trinajstić information content (AvgIpc) is 2.30. The van der Waals surface area contributed by atoms with E-state index in [0.717, 1.165) is 30.9 Å². The van der Waals surface area contributed by atoms with Crippen LogP contribution in [0.5, 0.6) is 0 Å². The molecule has 1 saturated heterocycles. The highest BCUT2D eigenvalue weighted by Gasteiger charge is 2.20. The van der Waals surface area contributed by atoms with Gasteiger partial charge in [-0.2, -0.15) is 0 Å². The second-order valence-electron chi connectivity index (χ2n) is 4.40. The first-order chi connectivity index (χ1) is 7.81. The number of aromatic nitrogens is 1. The third kappa shape index (κ3) is 2.44. The SMILES string of the molecule is Nc1cnccc1N1CCCC(CCO)C1. The number of pyridine rings is 1. The molecule has 1 aromatic rings. The van der Waals surface area contributed by atoms with Gasteiger partial charge in [-0.25, -0.2) is 0 Å². The van der Waals surface area contributed by atoms with Crippen LogP contribution in [0.15, 0.2) is 18.5 Å². The summed E-state index contributed by atoms with van der Waals surface area (Å²) < 4.78 is 0. The zero-order valence-electron chi connectivity index (χ0n) is 9.47. The van der Waals surface area contributed by atoms with Gasteiger partial charge in [0.05, 0.1) is 17.6 Å². The topological polar surface area (TPSA) is 62.4 Å². The highest BCUT2D eigenvalue weighted by Crippen LogP contribution is 2.28. The van der Waals surface area contributed by atoms with Gasteiger partial charge in [-0.15, -0.1) is 0 Å². The van der Waals surface area contributed by atoms with Gasteiger partial charge in [0.25, 0.3) is 0 Å². The van der Waals surface area contributed by atoms with E-state index in [0.29, 0.717) is 5.92 Å². The van der Waals surface area contributed by atoms with E-state index < -0.39 is 0 Å². The Morgan fingerprint density at radius 2 is 2.44 bits per heavy atom. The van der Waals surface area contributed by atoms with Crippen LogP contribution in [-0.4, -0.2) is 29.8 Å². The maximum Gasteiger partial charge on any atom is 0.0738 e. The lowest BCUT2D eigenvalue weighted by Gasteiger charge is -2.34. The molecule has 4 nitrogen and oxygen atoms in total. The van der Waals surface area contributed by atoms with Crippen LogP contribution in [0.4, 0.5) is 11.4 Å². The van der Waals surface area contributed by atoms with Crippen LogP contribution < -0.4 is 10.6 Å². The first-order valence-corrected chi connectivity index (χ1v) is 5.86. The van der Waals surface area contributed by atoms with Crippen LogP contribution in [0.2, 0.25) is 0 Å². The molecule has 1 aliphatic rings. The highest BCUT2D eigenvalue weighted by molar-refractivity contribution is 5.66. The van der Waals surface area contributed by atoms with E-state index in [-0.39, 0.29) is 6.61 Å². The molecule has 1 fully saturated rings. The Morgan fingerprint density at radius 1 is 1.56 bits per heavy atom. The molecular weight excluding hydrogens is 202 g/mol. The molecule has 1 aromatic heterocycles. The van der Waals surface area contributed by atoms with Crippen molar-refractivity contribution in [1.29, 1.82) is 0 Å². The number of hydrogen-bond acceptors (Lipinski definition) is 4. The predicted molar refractivity (Wildman–Crippen MR) is 65.3 cm³/mol. The molecular formula is C12H19N3O. The summed E-state index contributed by atoms with van der Waals surface area (Å²) >= 11 is 0. The summed E-state index contributed by atoms with van der Waals surface area (Å²) in [6, 6.07) is 1.97. The molecule has 16 heavy (non-hydrogen) atoms. The molecule has 4 heteroatoms. The molecule has 1 unspecified atom stereocenters. The summed E-state index contributed by atoms with van der Waals surface area (Å²) in [5.74, 6) is 0.589. The molecule has 88 valence electrons. The third-order valence-electron chi connectivity index (χ3n) is 3.22. The van der Waals surface area contributed by atoms with E-state index >= 15 is 0 Å². The van der Waals surface area contributed by atoms with Crippen LogP contribution in [0.3, 0.4) is 0 Å². The van der Waals surface area contributed by atoms with Crippen molar-refractivity contribution in [3.05, 3.63) is 18.5 Å². The first-order valence-electron chi connectivity index (χ1n) is 5.86. The van der Waals surface area contributed by atoms with Gasteiger partial charge >= 0.3 is 0 Å². The van der Waals surface area contributed by atoms with E-state index in [1.54, 1.807) is 12.4 Å². The van der Waals surface area contributed by atoms with Crippen molar-refractivity contribution in [2.75, 3.05) is 30.3 Å². The smallest absolute Gasteiger partial charge is 0.0738 e. The summed E-state index contributed by atoms with van der Waals surface area (Å²) in [6.07, 6.45) is 6.75. The molecule has 2 heterocycles. The van der Waals surface area contributed by atoms with Crippen LogP contribution in [-0.2, 0) is 0 Å². The van der Waals surface area contributed by atoms with Gasteiger partial charge in [-0.1, -0.05) is 0 Å². The largest absolute Gasteiger partial charge is 0.396 e. The number of rotatable bonds is 3. The maximum absolute atomic E-state index is 8.98. The van der Waals surface area contributed by atoms with Crippen LogP contribution in [0.25, 0.3) is 0 Å². The summed E-state index contributed by atoms with van der Waals surface area (Å²) in [6.45, 7) is 2.33. The van der Waals surface area contributed by atoms with Crippen molar-refractivity contribution < 1.29 is 5.11 Å². The van der Waals surface area contributed by atoms with Crippen LogP contribution in [0.1, 0.15) is 19.3 Å². The summed E-state index contributed by atoms with van der Waals surface area (Å²) in [7, 11) is 0. The van der Waals surface area contributed by atoms with E-state index in [4.69, 9.17) is 10.8 Å². The molecule has 0 radical (unpaired) electrons. The van der Waals surface area contributed by atoms with Crippen molar-refractivity contribution in [2.45, 2.75) is 19.3 Å². The molecule has 0 aromatic carbocycles. The predicted octanol–water partition coefficient (Wildman–Crippen LogP) is 1.26. The lowest BCUT2D eigenvalue weighted by molar-refractivity contribution is 0.244. The molecule has 0 amide bonds.